The predicted molar refractivity (Wildman–Crippen MR) is 102 cm³/mol. The Hall–Kier alpha value is -2.45. The van der Waals surface area contributed by atoms with Crippen molar-refractivity contribution in [2.45, 2.75) is 26.5 Å². The SMILES string of the molecule is CC(C)n1cc(-c2cc(F)c(CO)c(F)c2)c2ccc(NS(C)(=O)=O)cc21. The van der Waals surface area contributed by atoms with Gasteiger partial charge in [-0.05, 0) is 43.7 Å². The maximum atomic E-state index is 14.1. The summed E-state index contributed by atoms with van der Waals surface area (Å²) in [5, 5.41) is 9.83. The van der Waals surface area contributed by atoms with Crippen LogP contribution in [0.4, 0.5) is 14.5 Å². The van der Waals surface area contributed by atoms with Crippen molar-refractivity contribution in [3.63, 3.8) is 0 Å². The molecule has 0 spiro atoms. The molecular weight excluding hydrogens is 374 g/mol. The van der Waals surface area contributed by atoms with Gasteiger partial charge in [0.1, 0.15) is 11.6 Å². The Labute approximate surface area is 156 Å². The number of rotatable bonds is 5. The lowest BCUT2D eigenvalue weighted by atomic mass is 10.0. The fourth-order valence-corrected chi connectivity index (χ4v) is 3.65. The fourth-order valence-electron chi connectivity index (χ4n) is 3.10. The van der Waals surface area contributed by atoms with Crippen LogP contribution < -0.4 is 4.72 Å². The number of nitrogens with zero attached hydrogens (tertiary/aromatic N) is 1. The van der Waals surface area contributed by atoms with E-state index in [9.17, 15) is 17.2 Å². The Balaban J connectivity index is 2.23. The molecular formula is C19H20F2N2O3S. The van der Waals surface area contributed by atoms with E-state index in [2.05, 4.69) is 4.72 Å². The molecule has 3 rings (SSSR count). The molecule has 0 saturated carbocycles. The van der Waals surface area contributed by atoms with Gasteiger partial charge in [-0.1, -0.05) is 6.07 Å². The quantitative estimate of drug-likeness (QED) is 0.686. The zero-order chi connectivity index (χ0) is 19.9. The van der Waals surface area contributed by atoms with Crippen molar-refractivity contribution in [3.8, 4) is 11.1 Å². The molecule has 2 aromatic carbocycles. The lowest BCUT2D eigenvalue weighted by Crippen LogP contribution is -2.09. The van der Waals surface area contributed by atoms with Crippen LogP contribution >= 0.6 is 0 Å². The highest BCUT2D eigenvalue weighted by Gasteiger charge is 2.17. The zero-order valence-electron chi connectivity index (χ0n) is 15.1. The van der Waals surface area contributed by atoms with Gasteiger partial charge in [-0.3, -0.25) is 4.72 Å². The average Bonchev–Trinajstić information content (AvgIpc) is 2.92. The number of benzene rings is 2. The third kappa shape index (κ3) is 3.81. The molecule has 8 heteroatoms. The second-order valence-corrected chi connectivity index (χ2v) is 8.47. The monoisotopic (exact) mass is 394 g/mol. The Morgan fingerprint density at radius 3 is 2.30 bits per heavy atom. The molecule has 144 valence electrons. The first kappa shape index (κ1) is 19.3. The van der Waals surface area contributed by atoms with Crippen LogP contribution in [-0.2, 0) is 16.6 Å². The smallest absolute Gasteiger partial charge is 0.229 e. The molecule has 0 atom stereocenters. The van der Waals surface area contributed by atoms with Gasteiger partial charge in [-0.25, -0.2) is 17.2 Å². The summed E-state index contributed by atoms with van der Waals surface area (Å²) in [6, 6.07) is 7.43. The van der Waals surface area contributed by atoms with Crippen LogP contribution in [0.15, 0.2) is 36.5 Å². The van der Waals surface area contributed by atoms with Crippen molar-refractivity contribution < 1.29 is 22.3 Å². The number of fused-ring (bicyclic) bond motifs is 1. The summed E-state index contributed by atoms with van der Waals surface area (Å²) in [5.74, 6) is -1.62. The van der Waals surface area contributed by atoms with Gasteiger partial charge in [-0.15, -0.1) is 0 Å². The summed E-state index contributed by atoms with van der Waals surface area (Å²) in [6.45, 7) is 3.19. The van der Waals surface area contributed by atoms with Crippen molar-refractivity contribution in [3.05, 3.63) is 53.7 Å². The minimum absolute atomic E-state index is 0.0427. The number of halogens is 2. The number of anilines is 1. The summed E-state index contributed by atoms with van der Waals surface area (Å²) < 4.78 is 55.6. The molecule has 0 aliphatic heterocycles. The standard InChI is InChI=1S/C19H20F2N2O3S/c1-11(2)23-9-15(12-6-17(20)16(10-24)18(21)7-12)14-5-4-13(8-19(14)23)22-27(3,25)26/h4-9,11,22,24H,10H2,1-3H3. The molecule has 0 amide bonds. The van der Waals surface area contributed by atoms with Crippen LogP contribution in [0.2, 0.25) is 0 Å². The van der Waals surface area contributed by atoms with Crippen LogP contribution in [0.1, 0.15) is 25.5 Å². The predicted octanol–water partition coefficient (Wildman–Crippen LogP) is 4.03. The fraction of sp³-hybridized carbons (Fsp3) is 0.263. The van der Waals surface area contributed by atoms with Crippen LogP contribution in [0.25, 0.3) is 22.0 Å². The molecule has 27 heavy (non-hydrogen) atoms. The van der Waals surface area contributed by atoms with Gasteiger partial charge in [0.05, 0.1) is 24.1 Å². The molecule has 1 heterocycles. The van der Waals surface area contributed by atoms with E-state index in [0.29, 0.717) is 16.8 Å². The van der Waals surface area contributed by atoms with Crippen molar-refractivity contribution in [2.75, 3.05) is 11.0 Å². The number of hydrogen-bond donors (Lipinski definition) is 2. The van der Waals surface area contributed by atoms with Gasteiger partial charge in [0.15, 0.2) is 0 Å². The zero-order valence-corrected chi connectivity index (χ0v) is 15.9. The number of aromatic nitrogens is 1. The van der Waals surface area contributed by atoms with Gasteiger partial charge in [-0.2, -0.15) is 0 Å². The van der Waals surface area contributed by atoms with Gasteiger partial charge in [0.2, 0.25) is 10.0 Å². The second kappa shape index (κ2) is 6.94. The Morgan fingerprint density at radius 1 is 1.15 bits per heavy atom. The molecule has 3 aromatic rings. The van der Waals surface area contributed by atoms with E-state index in [1.165, 1.54) is 12.1 Å². The van der Waals surface area contributed by atoms with Crippen molar-refractivity contribution >= 4 is 26.6 Å². The highest BCUT2D eigenvalue weighted by Crippen LogP contribution is 2.35. The molecule has 1 aromatic heterocycles. The summed E-state index contributed by atoms with van der Waals surface area (Å²) in [6.07, 6.45) is 2.85. The second-order valence-electron chi connectivity index (χ2n) is 6.73. The van der Waals surface area contributed by atoms with E-state index in [4.69, 9.17) is 5.11 Å². The maximum absolute atomic E-state index is 14.1. The van der Waals surface area contributed by atoms with Crippen molar-refractivity contribution in [2.24, 2.45) is 0 Å². The topological polar surface area (TPSA) is 71.3 Å². The summed E-state index contributed by atoms with van der Waals surface area (Å²) in [4.78, 5) is 0. The molecule has 0 aliphatic carbocycles. The molecule has 5 nitrogen and oxygen atoms in total. The number of aliphatic hydroxyl groups is 1. The summed E-state index contributed by atoms with van der Waals surface area (Å²) in [7, 11) is -3.43. The lowest BCUT2D eigenvalue weighted by Gasteiger charge is -2.10. The Bertz CT molecular complexity index is 1100. The molecule has 0 fully saturated rings. The minimum Gasteiger partial charge on any atom is -0.391 e. The largest absolute Gasteiger partial charge is 0.391 e. The number of nitrogens with one attached hydrogen (secondary N) is 1. The first-order valence-corrected chi connectivity index (χ1v) is 10.2. The van der Waals surface area contributed by atoms with Crippen molar-refractivity contribution in [1.82, 2.24) is 4.57 Å². The first-order chi connectivity index (χ1) is 12.6. The van der Waals surface area contributed by atoms with Crippen LogP contribution in [0.5, 0.6) is 0 Å². The normalized spacial score (nSPS) is 12.1. The number of aliphatic hydroxyl groups excluding tert-OH is 1. The maximum Gasteiger partial charge on any atom is 0.229 e. The Morgan fingerprint density at radius 2 is 1.78 bits per heavy atom. The van der Waals surface area contributed by atoms with Crippen LogP contribution in [0.3, 0.4) is 0 Å². The molecule has 0 radical (unpaired) electrons. The number of hydrogen-bond acceptors (Lipinski definition) is 3. The van der Waals surface area contributed by atoms with E-state index in [-0.39, 0.29) is 11.6 Å². The van der Waals surface area contributed by atoms with Crippen LogP contribution in [-0.4, -0.2) is 24.3 Å². The number of sulfonamides is 1. The van der Waals surface area contributed by atoms with E-state index in [1.807, 2.05) is 18.4 Å². The van der Waals surface area contributed by atoms with Crippen molar-refractivity contribution in [1.29, 1.82) is 0 Å². The average molecular weight is 394 g/mol. The Kier molecular flexibility index (Phi) is 4.96. The van der Waals surface area contributed by atoms with Gasteiger partial charge in [0.25, 0.3) is 0 Å². The van der Waals surface area contributed by atoms with E-state index >= 15 is 0 Å². The minimum atomic E-state index is -3.43. The van der Waals surface area contributed by atoms with E-state index in [1.54, 1.807) is 24.4 Å². The summed E-state index contributed by atoms with van der Waals surface area (Å²) >= 11 is 0. The molecule has 0 bridgehead atoms. The van der Waals surface area contributed by atoms with Gasteiger partial charge < -0.3 is 9.67 Å². The molecule has 0 saturated heterocycles. The van der Waals surface area contributed by atoms with Gasteiger partial charge in [0, 0.05) is 28.8 Å². The van der Waals surface area contributed by atoms with E-state index in [0.717, 1.165) is 17.2 Å². The molecule has 0 unspecified atom stereocenters. The highest BCUT2D eigenvalue weighted by atomic mass is 32.2. The van der Waals surface area contributed by atoms with E-state index < -0.39 is 28.3 Å². The van der Waals surface area contributed by atoms with Crippen LogP contribution in [0, 0.1) is 11.6 Å². The third-order valence-electron chi connectivity index (χ3n) is 4.30. The lowest BCUT2D eigenvalue weighted by molar-refractivity contribution is 0.269. The first-order valence-electron chi connectivity index (χ1n) is 8.32. The highest BCUT2D eigenvalue weighted by molar-refractivity contribution is 7.92. The molecule has 2 N–H and O–H groups in total. The molecule has 0 aliphatic rings. The third-order valence-corrected chi connectivity index (χ3v) is 4.91. The van der Waals surface area contributed by atoms with Gasteiger partial charge >= 0.3 is 0 Å². The summed E-state index contributed by atoms with van der Waals surface area (Å²) in [5.41, 5.74) is 1.73.